The van der Waals surface area contributed by atoms with Gasteiger partial charge in [0.2, 0.25) is 0 Å². The molecule has 0 aliphatic heterocycles. The molecule has 0 unspecified atom stereocenters. The van der Waals surface area contributed by atoms with Crippen LogP contribution in [0.15, 0.2) is 36.7 Å². The highest BCUT2D eigenvalue weighted by atomic mass is 16.5. The molecular formula is C15H22N4O. The first-order valence-electron chi connectivity index (χ1n) is 7.15. The molecular weight excluding hydrogens is 252 g/mol. The van der Waals surface area contributed by atoms with E-state index in [1.165, 1.54) is 5.56 Å². The molecule has 0 saturated carbocycles. The predicted molar refractivity (Wildman–Crippen MR) is 78.6 cm³/mol. The Morgan fingerprint density at radius 1 is 1.25 bits per heavy atom. The van der Waals surface area contributed by atoms with E-state index >= 15 is 0 Å². The maximum Gasteiger partial charge on any atom is 0.119 e. The Balaban J connectivity index is 1.65. The summed E-state index contributed by atoms with van der Waals surface area (Å²) in [5.41, 5.74) is 1.26. The Bertz CT molecular complexity index is 467. The Morgan fingerprint density at radius 2 is 2.10 bits per heavy atom. The molecule has 0 fully saturated rings. The average molecular weight is 274 g/mol. The van der Waals surface area contributed by atoms with Crippen LogP contribution in [0.2, 0.25) is 0 Å². The third-order valence-corrected chi connectivity index (χ3v) is 3.01. The standard InChI is InChI=1S/C15H22N4O/c1-2-3-12-20-15-6-4-14(5-7-15)13-16-8-10-19-11-9-17-18-19/h4-7,9,11,16H,2-3,8,10,12-13H2,1H3. The predicted octanol–water partition coefficient (Wildman–Crippen LogP) is 2.25. The van der Waals surface area contributed by atoms with Crippen molar-refractivity contribution in [3.8, 4) is 5.75 Å². The van der Waals surface area contributed by atoms with E-state index in [1.54, 1.807) is 6.20 Å². The summed E-state index contributed by atoms with van der Waals surface area (Å²) >= 11 is 0. The van der Waals surface area contributed by atoms with Gasteiger partial charge in [0.1, 0.15) is 5.75 Å². The lowest BCUT2D eigenvalue weighted by molar-refractivity contribution is 0.309. The SMILES string of the molecule is CCCCOc1ccc(CNCCn2ccnn2)cc1. The van der Waals surface area contributed by atoms with Gasteiger partial charge in [0.05, 0.1) is 19.3 Å². The van der Waals surface area contributed by atoms with Crippen molar-refractivity contribution in [2.75, 3.05) is 13.2 Å². The van der Waals surface area contributed by atoms with Crippen molar-refractivity contribution in [1.82, 2.24) is 20.3 Å². The van der Waals surface area contributed by atoms with Crippen LogP contribution in [-0.4, -0.2) is 28.1 Å². The number of nitrogens with one attached hydrogen (secondary N) is 1. The van der Waals surface area contributed by atoms with E-state index in [1.807, 2.05) is 23.0 Å². The molecule has 2 rings (SSSR count). The van der Waals surface area contributed by atoms with Crippen LogP contribution in [0.5, 0.6) is 5.75 Å². The van der Waals surface area contributed by atoms with Crippen molar-refractivity contribution in [3.63, 3.8) is 0 Å². The second-order valence-corrected chi connectivity index (χ2v) is 4.69. The highest BCUT2D eigenvalue weighted by Gasteiger charge is 1.96. The Labute approximate surface area is 120 Å². The van der Waals surface area contributed by atoms with Crippen molar-refractivity contribution in [2.24, 2.45) is 0 Å². The smallest absolute Gasteiger partial charge is 0.119 e. The molecule has 2 aromatic rings. The second kappa shape index (κ2) is 8.32. The minimum Gasteiger partial charge on any atom is -0.494 e. The summed E-state index contributed by atoms with van der Waals surface area (Å²) in [5, 5.41) is 11.1. The van der Waals surface area contributed by atoms with Crippen molar-refractivity contribution >= 4 is 0 Å². The van der Waals surface area contributed by atoms with Crippen molar-refractivity contribution in [3.05, 3.63) is 42.2 Å². The molecule has 0 spiro atoms. The first-order chi connectivity index (χ1) is 9.88. The molecule has 1 heterocycles. The van der Waals surface area contributed by atoms with Gasteiger partial charge in [-0.05, 0) is 24.1 Å². The summed E-state index contributed by atoms with van der Waals surface area (Å²) < 4.78 is 7.45. The van der Waals surface area contributed by atoms with Gasteiger partial charge in [-0.15, -0.1) is 5.10 Å². The fourth-order valence-corrected chi connectivity index (χ4v) is 1.82. The molecule has 0 radical (unpaired) electrons. The number of nitrogens with zero attached hydrogens (tertiary/aromatic N) is 3. The van der Waals surface area contributed by atoms with Gasteiger partial charge in [-0.25, -0.2) is 0 Å². The lowest BCUT2D eigenvalue weighted by Gasteiger charge is -2.07. The molecule has 0 bridgehead atoms. The number of ether oxygens (including phenoxy) is 1. The van der Waals surface area contributed by atoms with E-state index in [-0.39, 0.29) is 0 Å². The van der Waals surface area contributed by atoms with Crippen LogP contribution < -0.4 is 10.1 Å². The zero-order valence-corrected chi connectivity index (χ0v) is 12.0. The fraction of sp³-hybridized carbons (Fsp3) is 0.467. The Kier molecular flexibility index (Phi) is 6.05. The van der Waals surface area contributed by atoms with Crippen LogP contribution in [0.3, 0.4) is 0 Å². The van der Waals surface area contributed by atoms with Crippen LogP contribution in [0.25, 0.3) is 0 Å². The highest BCUT2D eigenvalue weighted by Crippen LogP contribution is 2.12. The summed E-state index contributed by atoms with van der Waals surface area (Å²) in [6, 6.07) is 8.27. The number of unbranched alkanes of at least 4 members (excludes halogenated alkanes) is 1. The normalized spacial score (nSPS) is 10.7. The van der Waals surface area contributed by atoms with E-state index in [2.05, 4.69) is 34.7 Å². The largest absolute Gasteiger partial charge is 0.494 e. The maximum absolute atomic E-state index is 5.64. The average Bonchev–Trinajstić information content (AvgIpc) is 2.99. The van der Waals surface area contributed by atoms with E-state index in [4.69, 9.17) is 4.74 Å². The molecule has 0 saturated heterocycles. The summed E-state index contributed by atoms with van der Waals surface area (Å²) in [4.78, 5) is 0. The third-order valence-electron chi connectivity index (χ3n) is 3.01. The molecule has 5 nitrogen and oxygen atoms in total. The summed E-state index contributed by atoms with van der Waals surface area (Å²) in [7, 11) is 0. The van der Waals surface area contributed by atoms with E-state index in [0.29, 0.717) is 0 Å². The first kappa shape index (κ1) is 14.5. The molecule has 0 atom stereocenters. The summed E-state index contributed by atoms with van der Waals surface area (Å²) in [5.74, 6) is 0.949. The van der Waals surface area contributed by atoms with Crippen molar-refractivity contribution in [2.45, 2.75) is 32.9 Å². The molecule has 1 aromatic carbocycles. The van der Waals surface area contributed by atoms with Gasteiger partial charge in [0, 0.05) is 19.3 Å². The molecule has 1 N–H and O–H groups in total. The number of hydrogen-bond donors (Lipinski definition) is 1. The molecule has 5 heteroatoms. The van der Waals surface area contributed by atoms with Gasteiger partial charge in [0.15, 0.2) is 0 Å². The van der Waals surface area contributed by atoms with Gasteiger partial charge < -0.3 is 10.1 Å². The van der Waals surface area contributed by atoms with E-state index in [0.717, 1.165) is 44.8 Å². The van der Waals surface area contributed by atoms with Gasteiger partial charge in [-0.1, -0.05) is 30.7 Å². The van der Waals surface area contributed by atoms with Crippen LogP contribution in [0.1, 0.15) is 25.3 Å². The Hall–Kier alpha value is -1.88. The van der Waals surface area contributed by atoms with E-state index < -0.39 is 0 Å². The molecule has 20 heavy (non-hydrogen) atoms. The van der Waals surface area contributed by atoms with Gasteiger partial charge in [0.25, 0.3) is 0 Å². The Morgan fingerprint density at radius 3 is 2.80 bits per heavy atom. The highest BCUT2D eigenvalue weighted by molar-refractivity contribution is 5.27. The second-order valence-electron chi connectivity index (χ2n) is 4.69. The number of benzene rings is 1. The van der Waals surface area contributed by atoms with E-state index in [9.17, 15) is 0 Å². The fourth-order valence-electron chi connectivity index (χ4n) is 1.82. The van der Waals surface area contributed by atoms with Gasteiger partial charge >= 0.3 is 0 Å². The quantitative estimate of drug-likeness (QED) is 0.713. The molecule has 108 valence electrons. The zero-order chi connectivity index (χ0) is 14.0. The van der Waals surface area contributed by atoms with Crippen molar-refractivity contribution < 1.29 is 4.74 Å². The lowest BCUT2D eigenvalue weighted by atomic mass is 10.2. The minimum atomic E-state index is 0.798. The molecule has 0 amide bonds. The number of hydrogen-bond acceptors (Lipinski definition) is 4. The monoisotopic (exact) mass is 274 g/mol. The summed E-state index contributed by atoms with van der Waals surface area (Å²) in [6.07, 6.45) is 5.82. The lowest BCUT2D eigenvalue weighted by Crippen LogP contribution is -2.19. The van der Waals surface area contributed by atoms with Crippen LogP contribution in [0.4, 0.5) is 0 Å². The van der Waals surface area contributed by atoms with Gasteiger partial charge in [-0.3, -0.25) is 4.68 Å². The molecule has 0 aliphatic carbocycles. The molecule has 0 aliphatic rings. The van der Waals surface area contributed by atoms with Crippen LogP contribution in [0, 0.1) is 0 Å². The van der Waals surface area contributed by atoms with Crippen LogP contribution >= 0.6 is 0 Å². The minimum absolute atomic E-state index is 0.798. The number of aromatic nitrogens is 3. The number of rotatable bonds is 9. The summed E-state index contributed by atoms with van der Waals surface area (Å²) in [6.45, 7) is 5.52. The molecule has 1 aromatic heterocycles. The zero-order valence-electron chi connectivity index (χ0n) is 12.0. The van der Waals surface area contributed by atoms with Crippen molar-refractivity contribution in [1.29, 1.82) is 0 Å². The maximum atomic E-state index is 5.64. The van der Waals surface area contributed by atoms with Gasteiger partial charge in [-0.2, -0.15) is 0 Å². The third kappa shape index (κ3) is 5.01. The van der Waals surface area contributed by atoms with Crippen LogP contribution in [-0.2, 0) is 13.1 Å². The topological polar surface area (TPSA) is 52.0 Å². The first-order valence-corrected chi connectivity index (χ1v) is 7.15.